The van der Waals surface area contributed by atoms with Gasteiger partial charge >= 0.3 is 0 Å². The minimum absolute atomic E-state index is 0.189. The van der Waals surface area contributed by atoms with E-state index in [2.05, 4.69) is 304 Å². The van der Waals surface area contributed by atoms with Crippen LogP contribution in [0.5, 0.6) is 0 Å². The van der Waals surface area contributed by atoms with Gasteiger partial charge < -0.3 is 0 Å². The third kappa shape index (κ3) is 33.2. The van der Waals surface area contributed by atoms with Crippen molar-refractivity contribution in [2.45, 2.75) is 0 Å². The highest BCUT2D eigenvalue weighted by molar-refractivity contribution is 9.55. The lowest BCUT2D eigenvalue weighted by Gasteiger charge is -2.61. The lowest BCUT2D eigenvalue weighted by molar-refractivity contribution is 4.32. The fourth-order valence-electron chi connectivity index (χ4n) is 3.98. The molecule has 0 radical (unpaired) electrons. The van der Waals surface area contributed by atoms with Crippen LogP contribution in [-0.4, -0.2) is 0 Å². The minimum atomic E-state index is -0.331. The van der Waals surface area contributed by atoms with Crippen molar-refractivity contribution in [2.75, 3.05) is 0 Å². The maximum absolute atomic E-state index is 3.67. The monoisotopic (exact) mass is 2110 g/mol. The average Bonchev–Trinajstić information content (AvgIpc) is 3.08. The van der Waals surface area contributed by atoms with E-state index in [-0.39, 0.29) is 224 Å². The quantitative estimate of drug-likeness (QED) is 0.0607. The highest BCUT2D eigenvalue weighted by Gasteiger charge is 2.62. The summed E-state index contributed by atoms with van der Waals surface area (Å²) in [6.45, 7) is -8.57. The maximum Gasteiger partial charge on any atom is -0.00000941 e. The zero-order valence-electron chi connectivity index (χ0n) is 33.9. The molecule has 37 unspecified atom stereocenters. The molecular formula is H68P66. The van der Waals surface area contributed by atoms with Crippen LogP contribution in [0, 0.1) is 0 Å². The third-order valence-electron chi connectivity index (χ3n) is 5.75. The van der Waals surface area contributed by atoms with Gasteiger partial charge in [-0.2, -0.15) is 0 Å². The van der Waals surface area contributed by atoms with E-state index in [1.165, 1.54) is 0 Å². The van der Waals surface area contributed by atoms with Crippen LogP contribution in [0.15, 0.2) is 0 Å². The molecule has 398 valence electrons. The first kappa shape index (κ1) is 94.4. The molecule has 0 saturated carbocycles. The molecule has 0 aromatic carbocycles. The summed E-state index contributed by atoms with van der Waals surface area (Å²) in [5, 5.41) is 0. The van der Waals surface area contributed by atoms with Crippen LogP contribution >= 0.6 is 527 Å². The lowest BCUT2D eigenvalue weighted by Crippen LogP contribution is -1.73. The molecule has 0 spiro atoms. The SMILES string of the molecule is PP(P)P(P(P)P)P(P(P)P)P(P(P(P)P)P(P)P)P(P(P(P(P)P)P(P)P)P(P(P)P)P(P)P)P(P(P(P(P)P)P(P)P)P(P(P)P)P(P)P)P(P(P(P)P)P(P)P)P(P(P)P)P(P)P. The van der Waals surface area contributed by atoms with Gasteiger partial charge in [-0.3, -0.25) is 0 Å². The topological polar surface area (TPSA) is 0 Å². The van der Waals surface area contributed by atoms with Crippen molar-refractivity contribution in [2.24, 2.45) is 0 Å². The first-order valence-corrected chi connectivity index (χ1v) is 135. The van der Waals surface area contributed by atoms with Crippen molar-refractivity contribution < 1.29 is 0 Å². The second kappa shape index (κ2) is 51.5. The molecule has 0 bridgehead atoms. The van der Waals surface area contributed by atoms with Crippen molar-refractivity contribution in [3.8, 4) is 0 Å². The molecule has 0 aromatic heterocycles. The maximum atomic E-state index is 3.67. The number of rotatable bonds is 31. The molecule has 0 rings (SSSR count). The molecule has 0 aliphatic carbocycles. The van der Waals surface area contributed by atoms with E-state index in [1.807, 2.05) is 0 Å². The van der Waals surface area contributed by atoms with Gasteiger partial charge in [-0.05, 0) is 224 Å². The first-order chi connectivity index (χ1) is 30.0. The second-order valence-corrected chi connectivity index (χ2v) is 283. The van der Waals surface area contributed by atoms with E-state index in [1.54, 1.807) is 0 Å². The Bertz CT molecular complexity index is 1060. The Morgan fingerprint density at radius 1 is 0.0758 bits per heavy atom. The van der Waals surface area contributed by atoms with Gasteiger partial charge in [0.1, 0.15) is 0 Å². The molecule has 0 nitrogen and oxygen atoms in total. The molecule has 66 heavy (non-hydrogen) atoms. The van der Waals surface area contributed by atoms with Crippen LogP contribution in [0.2, 0.25) is 0 Å². The van der Waals surface area contributed by atoms with Crippen LogP contribution in [-0.2, 0) is 0 Å². The zero-order valence-corrected chi connectivity index (χ0v) is 102. The summed E-state index contributed by atoms with van der Waals surface area (Å²) < 4.78 is 0. The van der Waals surface area contributed by atoms with E-state index in [0.717, 1.165) is 0 Å². The molecule has 0 aliphatic rings. The molecular weight excluding hydrogens is 2040 g/mol. The van der Waals surface area contributed by atoms with E-state index in [0.29, 0.717) is 0 Å². The highest BCUT2D eigenvalue weighted by atomic mass is 33.6. The van der Waals surface area contributed by atoms with Gasteiger partial charge in [0.25, 0.3) is 0 Å². The second-order valence-electron chi connectivity index (χ2n) is 10.5. The van der Waals surface area contributed by atoms with Gasteiger partial charge in [0.2, 0.25) is 0 Å². The molecule has 0 aromatic rings. The van der Waals surface area contributed by atoms with E-state index < -0.39 is 0 Å². The summed E-state index contributed by atoms with van der Waals surface area (Å²) in [5.41, 5.74) is 0. The minimum Gasteiger partial charge on any atom is -0.102 e. The largest absolute Gasteiger partial charge is 0.102 e. The van der Waals surface area contributed by atoms with Gasteiger partial charge in [-0.25, -0.2) is 0 Å². The van der Waals surface area contributed by atoms with Crippen LogP contribution in [0.4, 0.5) is 0 Å². The third-order valence-corrected chi connectivity index (χ3v) is 466. The summed E-state index contributed by atoms with van der Waals surface area (Å²) in [7, 11) is 122. The molecule has 0 amide bonds. The summed E-state index contributed by atoms with van der Waals surface area (Å²) in [5.74, 6) is 0. The van der Waals surface area contributed by atoms with Crippen molar-refractivity contribution in [1.29, 1.82) is 0 Å². The smallest absolute Gasteiger partial charge is 0.00000941 e. The standard InChI is InChI=1S/H68P66/c1-35(2)52(36(3)4)60(51(33)34)64(59(49(29)30)50(31)32)66(63(57(45(21)22)46(23)24)58(47(25)26)48(27)28)65(61(53(37(5)6)38(7)8)54(39(9)10)40(11)12)62(55(41(13)14)42(15)16)56(43(17)18)44(19)20/h1-34H2. The van der Waals surface area contributed by atoms with Crippen LogP contribution in [0.1, 0.15) is 0 Å². The van der Waals surface area contributed by atoms with Crippen LogP contribution in [0.25, 0.3) is 0 Å². The Morgan fingerprint density at radius 3 is 0.227 bits per heavy atom. The van der Waals surface area contributed by atoms with E-state index >= 15 is 0 Å². The summed E-state index contributed by atoms with van der Waals surface area (Å²) in [6.07, 6.45) is 0. The van der Waals surface area contributed by atoms with Crippen LogP contribution < -0.4 is 0 Å². The Labute approximate surface area is 519 Å². The molecule has 0 heterocycles. The highest BCUT2D eigenvalue weighted by Crippen LogP contribution is 3.49. The van der Waals surface area contributed by atoms with E-state index in [4.69, 9.17) is 0 Å². The van der Waals surface area contributed by atoms with E-state index in [9.17, 15) is 0 Å². The van der Waals surface area contributed by atoms with Gasteiger partial charge in [-0.1, -0.05) is 0 Å². The summed E-state index contributed by atoms with van der Waals surface area (Å²) in [4.78, 5) is 0. The van der Waals surface area contributed by atoms with Crippen molar-refractivity contribution in [1.82, 2.24) is 0 Å². The van der Waals surface area contributed by atoms with Crippen molar-refractivity contribution in [3.05, 3.63) is 0 Å². The number of hydrogen-bond donors (Lipinski definition) is 0. The fraction of sp³-hybridized carbons (Fsp3) is 0. The average molecular weight is 2110 g/mol. The Kier molecular flexibility index (Phi) is 73.7. The molecule has 0 fully saturated rings. The summed E-state index contributed by atoms with van der Waals surface area (Å²) in [6, 6.07) is 0. The molecule has 0 saturated heterocycles. The fourth-order valence-corrected chi connectivity index (χ4v) is 966. The van der Waals surface area contributed by atoms with Crippen molar-refractivity contribution >= 4 is 527 Å². The normalized spacial score (nSPS) is 15.9. The first-order valence-electron chi connectivity index (χ1n) is 15.0. The molecule has 66 heteroatoms. The van der Waals surface area contributed by atoms with Gasteiger partial charge in [-0.15, -0.1) is 304 Å². The Balaban J connectivity index is 11.3. The van der Waals surface area contributed by atoms with Gasteiger partial charge in [0, 0.05) is 0 Å². The van der Waals surface area contributed by atoms with Crippen molar-refractivity contribution in [3.63, 3.8) is 0 Å². The van der Waals surface area contributed by atoms with Gasteiger partial charge in [0.15, 0.2) is 0 Å². The van der Waals surface area contributed by atoms with Gasteiger partial charge in [0.05, 0.1) is 0 Å². The number of hydrogen-bond acceptors (Lipinski definition) is 0. The molecule has 37 atom stereocenters. The lowest BCUT2D eigenvalue weighted by atomic mass is 28.4. The Morgan fingerprint density at radius 2 is 0.136 bits per heavy atom. The summed E-state index contributed by atoms with van der Waals surface area (Å²) >= 11 is 0. The van der Waals surface area contributed by atoms with Crippen LogP contribution in [0.3, 0.4) is 0 Å². The predicted molar refractivity (Wildman–Crippen MR) is 552 cm³/mol. The Hall–Kier alpha value is 28.4. The zero-order chi connectivity index (χ0) is 52.5. The predicted octanol–water partition coefficient (Wildman–Crippen LogP) is 38.6. The molecule has 0 aliphatic heterocycles. The molecule has 0 N–H and O–H groups in total.